The molecule has 2 aromatic rings. The van der Waals surface area contributed by atoms with Gasteiger partial charge in [0, 0.05) is 25.2 Å². The van der Waals surface area contributed by atoms with Gasteiger partial charge in [-0.1, -0.05) is 25.8 Å². The highest BCUT2D eigenvalue weighted by Crippen LogP contribution is 2.31. The predicted molar refractivity (Wildman–Crippen MR) is 77.9 cm³/mol. The van der Waals surface area contributed by atoms with Crippen molar-refractivity contribution >= 4 is 16.7 Å². The zero-order valence-electron chi connectivity index (χ0n) is 11.9. The fraction of sp³-hybridized carbons (Fsp3) is 0.438. The van der Waals surface area contributed by atoms with Crippen LogP contribution < -0.4 is 4.74 Å². The van der Waals surface area contributed by atoms with Crippen molar-refractivity contribution in [3.05, 3.63) is 30.0 Å². The molecule has 1 aromatic heterocycles. The summed E-state index contributed by atoms with van der Waals surface area (Å²) in [5.41, 5.74) is 1.82. The Morgan fingerprint density at radius 2 is 2.11 bits per heavy atom. The largest absolute Gasteiger partial charge is 0.496 e. The Balaban J connectivity index is 2.40. The molecule has 0 saturated heterocycles. The second-order valence-electron chi connectivity index (χ2n) is 4.89. The third-order valence-electron chi connectivity index (χ3n) is 3.50. The number of aryl methyl sites for hydroxylation is 1. The third kappa shape index (κ3) is 2.65. The van der Waals surface area contributed by atoms with Crippen LogP contribution >= 0.6 is 0 Å². The number of benzene rings is 1. The maximum Gasteiger partial charge on any atom is 0.165 e. The quantitative estimate of drug-likeness (QED) is 0.581. The number of unbranched alkanes of at least 4 members (excludes halogenated alkanes) is 2. The number of rotatable bonds is 6. The first-order valence-electron chi connectivity index (χ1n) is 6.84. The molecule has 19 heavy (non-hydrogen) atoms. The molecule has 3 heteroatoms. The van der Waals surface area contributed by atoms with E-state index in [0.717, 1.165) is 41.5 Å². The second kappa shape index (κ2) is 5.91. The van der Waals surface area contributed by atoms with E-state index >= 15 is 0 Å². The maximum absolute atomic E-state index is 12.3. The molecule has 0 bridgehead atoms. The molecule has 0 radical (unpaired) electrons. The van der Waals surface area contributed by atoms with Gasteiger partial charge >= 0.3 is 0 Å². The van der Waals surface area contributed by atoms with Gasteiger partial charge in [0.05, 0.1) is 18.0 Å². The van der Waals surface area contributed by atoms with Crippen LogP contribution in [0, 0.1) is 0 Å². The Hall–Kier alpha value is -1.77. The number of Topliss-reactive ketones (excluding diaryl/α,β-unsaturated/α-hetero) is 1. The van der Waals surface area contributed by atoms with Crippen LogP contribution in [0.15, 0.2) is 24.4 Å². The Labute approximate surface area is 114 Å². The monoisotopic (exact) mass is 259 g/mol. The summed E-state index contributed by atoms with van der Waals surface area (Å²) in [6.45, 7) is 2.14. The number of ketones is 1. The highest BCUT2D eigenvalue weighted by atomic mass is 16.5. The number of methoxy groups -OCH3 is 1. The van der Waals surface area contributed by atoms with Gasteiger partial charge in [0.25, 0.3) is 0 Å². The van der Waals surface area contributed by atoms with Crippen molar-refractivity contribution in [3.63, 3.8) is 0 Å². The van der Waals surface area contributed by atoms with E-state index in [-0.39, 0.29) is 5.78 Å². The van der Waals surface area contributed by atoms with Crippen molar-refractivity contribution in [1.82, 2.24) is 4.57 Å². The fourth-order valence-corrected chi connectivity index (χ4v) is 2.46. The lowest BCUT2D eigenvalue weighted by molar-refractivity contribution is 0.0980. The second-order valence-corrected chi connectivity index (χ2v) is 4.89. The lowest BCUT2D eigenvalue weighted by Crippen LogP contribution is -1.98. The Bertz CT molecular complexity index is 584. The standard InChI is InChI=1S/C16H21NO2/c1-4-5-6-9-14(18)12-11-17(2)13-8-7-10-15(19-3)16(12)13/h7-8,10-11H,4-6,9H2,1-3H3. The number of carbonyl (C=O) groups excluding carboxylic acids is 1. The van der Waals surface area contributed by atoms with E-state index in [4.69, 9.17) is 4.74 Å². The van der Waals surface area contributed by atoms with Crippen molar-refractivity contribution in [2.24, 2.45) is 7.05 Å². The van der Waals surface area contributed by atoms with Gasteiger partial charge < -0.3 is 9.30 Å². The lowest BCUT2D eigenvalue weighted by Gasteiger charge is -2.04. The first-order chi connectivity index (χ1) is 9.19. The molecule has 0 atom stereocenters. The van der Waals surface area contributed by atoms with Crippen molar-refractivity contribution < 1.29 is 9.53 Å². The van der Waals surface area contributed by atoms with E-state index < -0.39 is 0 Å². The lowest BCUT2D eigenvalue weighted by atomic mass is 10.0. The highest BCUT2D eigenvalue weighted by Gasteiger charge is 2.16. The van der Waals surface area contributed by atoms with E-state index in [1.807, 2.05) is 36.0 Å². The average molecular weight is 259 g/mol. The van der Waals surface area contributed by atoms with E-state index in [0.29, 0.717) is 6.42 Å². The average Bonchev–Trinajstić information content (AvgIpc) is 2.77. The molecule has 0 aliphatic carbocycles. The summed E-state index contributed by atoms with van der Waals surface area (Å²) in [6.07, 6.45) is 5.73. The molecule has 1 aromatic carbocycles. The minimum atomic E-state index is 0.212. The van der Waals surface area contributed by atoms with Crippen LogP contribution in [0.25, 0.3) is 10.9 Å². The molecule has 0 saturated carbocycles. The normalized spacial score (nSPS) is 10.9. The number of hydrogen-bond acceptors (Lipinski definition) is 2. The topological polar surface area (TPSA) is 31.2 Å². The van der Waals surface area contributed by atoms with Crippen LogP contribution in [0.4, 0.5) is 0 Å². The molecule has 0 aliphatic heterocycles. The number of fused-ring (bicyclic) bond motifs is 1. The van der Waals surface area contributed by atoms with Gasteiger partial charge in [-0.05, 0) is 18.6 Å². The molecule has 0 fully saturated rings. The van der Waals surface area contributed by atoms with Crippen molar-refractivity contribution in [3.8, 4) is 5.75 Å². The summed E-state index contributed by atoms with van der Waals surface area (Å²) in [4.78, 5) is 12.3. The van der Waals surface area contributed by atoms with Gasteiger partial charge in [0.2, 0.25) is 0 Å². The molecule has 0 N–H and O–H groups in total. The number of nitrogens with zero attached hydrogens (tertiary/aromatic N) is 1. The smallest absolute Gasteiger partial charge is 0.165 e. The van der Waals surface area contributed by atoms with Crippen LogP contribution in [0.1, 0.15) is 43.0 Å². The SMILES string of the molecule is CCCCCC(=O)c1cn(C)c2cccc(OC)c12. The molecule has 3 nitrogen and oxygen atoms in total. The van der Waals surface area contributed by atoms with Crippen LogP contribution in [-0.2, 0) is 7.05 Å². The summed E-state index contributed by atoms with van der Waals surface area (Å²) >= 11 is 0. The molecule has 0 spiro atoms. The molecule has 1 heterocycles. The van der Waals surface area contributed by atoms with Crippen molar-refractivity contribution in [2.75, 3.05) is 7.11 Å². The summed E-state index contributed by atoms with van der Waals surface area (Å²) in [5.74, 6) is 0.987. The Morgan fingerprint density at radius 3 is 2.79 bits per heavy atom. The predicted octanol–water partition coefficient (Wildman–Crippen LogP) is 3.95. The molecule has 0 amide bonds. The zero-order valence-corrected chi connectivity index (χ0v) is 11.9. The summed E-state index contributed by atoms with van der Waals surface area (Å²) < 4.78 is 7.38. The van der Waals surface area contributed by atoms with Crippen molar-refractivity contribution in [1.29, 1.82) is 0 Å². The molecule has 0 aliphatic rings. The van der Waals surface area contributed by atoms with Crippen LogP contribution in [0.2, 0.25) is 0 Å². The molecular formula is C16H21NO2. The fourth-order valence-electron chi connectivity index (χ4n) is 2.46. The van der Waals surface area contributed by atoms with E-state index in [1.54, 1.807) is 7.11 Å². The minimum Gasteiger partial charge on any atom is -0.496 e. The van der Waals surface area contributed by atoms with Gasteiger partial charge in [0.15, 0.2) is 5.78 Å². The van der Waals surface area contributed by atoms with E-state index in [9.17, 15) is 4.79 Å². The van der Waals surface area contributed by atoms with Crippen LogP contribution in [0.5, 0.6) is 5.75 Å². The van der Waals surface area contributed by atoms with Gasteiger partial charge in [-0.2, -0.15) is 0 Å². The van der Waals surface area contributed by atoms with Gasteiger partial charge in [0.1, 0.15) is 5.75 Å². The molecule has 102 valence electrons. The Morgan fingerprint density at radius 1 is 1.32 bits per heavy atom. The molecule has 2 rings (SSSR count). The summed E-state index contributed by atoms with van der Waals surface area (Å²) in [7, 11) is 3.61. The Kier molecular flexibility index (Phi) is 4.25. The van der Waals surface area contributed by atoms with Gasteiger partial charge in [-0.15, -0.1) is 0 Å². The first kappa shape index (κ1) is 13.7. The van der Waals surface area contributed by atoms with Gasteiger partial charge in [-0.25, -0.2) is 0 Å². The summed E-state index contributed by atoms with van der Waals surface area (Å²) in [5, 5.41) is 0.939. The van der Waals surface area contributed by atoms with Crippen LogP contribution in [0.3, 0.4) is 0 Å². The molecule has 0 unspecified atom stereocenters. The number of hydrogen-bond donors (Lipinski definition) is 0. The zero-order chi connectivity index (χ0) is 13.8. The third-order valence-corrected chi connectivity index (χ3v) is 3.50. The number of ether oxygens (including phenoxy) is 1. The first-order valence-corrected chi connectivity index (χ1v) is 6.84. The van der Waals surface area contributed by atoms with Gasteiger partial charge in [-0.3, -0.25) is 4.79 Å². The van der Waals surface area contributed by atoms with E-state index in [2.05, 4.69) is 6.92 Å². The highest BCUT2D eigenvalue weighted by molar-refractivity contribution is 6.10. The van der Waals surface area contributed by atoms with Crippen LogP contribution in [-0.4, -0.2) is 17.5 Å². The number of carbonyl (C=O) groups is 1. The number of aromatic nitrogens is 1. The maximum atomic E-state index is 12.3. The minimum absolute atomic E-state index is 0.212. The molecular weight excluding hydrogens is 238 g/mol. The van der Waals surface area contributed by atoms with Crippen molar-refractivity contribution in [2.45, 2.75) is 32.6 Å². The summed E-state index contributed by atoms with van der Waals surface area (Å²) in [6, 6.07) is 5.87. The van der Waals surface area contributed by atoms with E-state index in [1.165, 1.54) is 0 Å².